The molecule has 0 aromatic rings. The third kappa shape index (κ3) is 3.04. The zero-order valence-electron chi connectivity index (χ0n) is 12.8. The van der Waals surface area contributed by atoms with Gasteiger partial charge in [-0.05, 0) is 48.5 Å². The number of morpholine rings is 1. The van der Waals surface area contributed by atoms with Crippen LogP contribution in [0.1, 0.15) is 48.5 Å². The van der Waals surface area contributed by atoms with Crippen molar-refractivity contribution in [2.45, 2.75) is 65.7 Å². The first-order valence-electron chi connectivity index (χ1n) is 6.63. The number of carbonyl (C=O) groups excluding carboxylic acids is 1. The second-order valence-electron chi connectivity index (χ2n) is 7.22. The van der Waals surface area contributed by atoms with E-state index >= 15 is 0 Å². The van der Waals surface area contributed by atoms with Crippen LogP contribution in [-0.2, 0) is 9.53 Å². The van der Waals surface area contributed by atoms with Crippen LogP contribution in [0.15, 0.2) is 0 Å². The van der Waals surface area contributed by atoms with E-state index in [4.69, 9.17) is 10.5 Å². The van der Waals surface area contributed by atoms with Crippen molar-refractivity contribution in [3.05, 3.63) is 0 Å². The molecule has 1 amide bonds. The molecular weight excluding hydrogens is 228 g/mol. The fraction of sp³-hybridized carbons (Fsp3) is 0.929. The van der Waals surface area contributed by atoms with E-state index in [1.807, 2.05) is 53.4 Å². The van der Waals surface area contributed by atoms with Crippen LogP contribution in [0.5, 0.6) is 0 Å². The number of carbonyl (C=O) groups is 1. The van der Waals surface area contributed by atoms with E-state index in [1.165, 1.54) is 0 Å². The molecule has 106 valence electrons. The first-order chi connectivity index (χ1) is 7.87. The molecule has 1 unspecified atom stereocenters. The molecule has 0 aromatic heterocycles. The molecule has 1 rings (SSSR count). The summed E-state index contributed by atoms with van der Waals surface area (Å²) in [7, 11) is 0. The Bertz CT molecular complexity index is 329. The predicted octanol–water partition coefficient (Wildman–Crippen LogP) is 1.78. The number of ether oxygens (including phenoxy) is 1. The van der Waals surface area contributed by atoms with Gasteiger partial charge in [0.1, 0.15) is 0 Å². The van der Waals surface area contributed by atoms with E-state index in [0.29, 0.717) is 13.1 Å². The van der Waals surface area contributed by atoms with E-state index < -0.39 is 11.0 Å². The summed E-state index contributed by atoms with van der Waals surface area (Å²) in [5.41, 5.74) is 4.73. The number of rotatable bonds is 2. The molecule has 2 N–H and O–H groups in total. The van der Waals surface area contributed by atoms with Gasteiger partial charge in [0.15, 0.2) is 0 Å². The Morgan fingerprint density at radius 2 is 1.83 bits per heavy atom. The van der Waals surface area contributed by atoms with Crippen LogP contribution in [-0.4, -0.2) is 41.1 Å². The van der Waals surface area contributed by atoms with Crippen LogP contribution in [0.4, 0.5) is 0 Å². The van der Waals surface area contributed by atoms with Crippen LogP contribution in [0, 0.1) is 5.41 Å². The molecule has 4 heteroatoms. The molecule has 0 aliphatic carbocycles. The van der Waals surface area contributed by atoms with E-state index in [0.717, 1.165) is 0 Å². The van der Waals surface area contributed by atoms with Crippen molar-refractivity contribution >= 4 is 5.91 Å². The standard InChI is InChI=1S/C14H28N2O2/c1-10-8-16(9-12(2,3)18-10)11(17)13(4,5)14(6,7)15/h10H,8-9,15H2,1-7H3. The highest BCUT2D eigenvalue weighted by atomic mass is 16.5. The van der Waals surface area contributed by atoms with Gasteiger partial charge in [-0.25, -0.2) is 0 Å². The normalized spacial score (nSPS) is 25.1. The van der Waals surface area contributed by atoms with E-state index in [9.17, 15) is 4.79 Å². The van der Waals surface area contributed by atoms with Gasteiger partial charge in [0.2, 0.25) is 5.91 Å². The molecule has 0 radical (unpaired) electrons. The Morgan fingerprint density at radius 1 is 1.33 bits per heavy atom. The highest BCUT2D eigenvalue weighted by molar-refractivity contribution is 5.83. The summed E-state index contributed by atoms with van der Waals surface area (Å²) < 4.78 is 5.83. The molecule has 1 fully saturated rings. The fourth-order valence-electron chi connectivity index (χ4n) is 2.28. The van der Waals surface area contributed by atoms with E-state index in [1.54, 1.807) is 0 Å². The zero-order chi connectivity index (χ0) is 14.4. The lowest BCUT2D eigenvalue weighted by Gasteiger charge is -2.47. The Labute approximate surface area is 111 Å². The highest BCUT2D eigenvalue weighted by Gasteiger charge is 2.45. The summed E-state index contributed by atoms with van der Waals surface area (Å²) in [5, 5.41) is 0. The van der Waals surface area contributed by atoms with Gasteiger partial charge >= 0.3 is 0 Å². The fourth-order valence-corrected chi connectivity index (χ4v) is 2.28. The summed E-state index contributed by atoms with van der Waals surface area (Å²) in [6.07, 6.45) is 0.0642. The molecule has 0 aromatic carbocycles. The van der Waals surface area contributed by atoms with Gasteiger partial charge < -0.3 is 15.4 Å². The van der Waals surface area contributed by atoms with Crippen LogP contribution in [0.25, 0.3) is 0 Å². The van der Waals surface area contributed by atoms with Gasteiger partial charge in [0.25, 0.3) is 0 Å². The predicted molar refractivity (Wildman–Crippen MR) is 73.3 cm³/mol. The molecule has 0 saturated carbocycles. The Balaban J connectivity index is 2.91. The second-order valence-corrected chi connectivity index (χ2v) is 7.22. The van der Waals surface area contributed by atoms with Crippen molar-refractivity contribution < 1.29 is 9.53 Å². The van der Waals surface area contributed by atoms with E-state index in [-0.39, 0.29) is 17.6 Å². The largest absolute Gasteiger partial charge is 0.369 e. The minimum absolute atomic E-state index is 0.0642. The van der Waals surface area contributed by atoms with Crippen LogP contribution >= 0.6 is 0 Å². The number of hydrogen-bond acceptors (Lipinski definition) is 3. The quantitative estimate of drug-likeness (QED) is 0.819. The maximum absolute atomic E-state index is 12.7. The van der Waals surface area contributed by atoms with E-state index in [2.05, 4.69) is 0 Å². The summed E-state index contributed by atoms with van der Waals surface area (Å²) in [5.74, 6) is 0.109. The number of hydrogen-bond donors (Lipinski definition) is 1. The molecule has 18 heavy (non-hydrogen) atoms. The average Bonchev–Trinajstić information content (AvgIpc) is 2.11. The van der Waals surface area contributed by atoms with Crippen LogP contribution in [0.2, 0.25) is 0 Å². The Hall–Kier alpha value is -0.610. The second kappa shape index (κ2) is 4.49. The van der Waals surface area contributed by atoms with Gasteiger partial charge in [-0.2, -0.15) is 0 Å². The van der Waals surface area contributed by atoms with Gasteiger partial charge in [-0.1, -0.05) is 0 Å². The lowest BCUT2D eigenvalue weighted by molar-refractivity contribution is -0.168. The zero-order valence-corrected chi connectivity index (χ0v) is 12.8. The van der Waals surface area contributed by atoms with Crippen LogP contribution < -0.4 is 5.73 Å². The molecular formula is C14H28N2O2. The minimum Gasteiger partial charge on any atom is -0.369 e. The summed E-state index contributed by atoms with van der Waals surface area (Å²) in [4.78, 5) is 14.6. The number of nitrogens with two attached hydrogens (primary N) is 1. The monoisotopic (exact) mass is 256 g/mol. The molecule has 1 atom stereocenters. The Morgan fingerprint density at radius 3 is 2.22 bits per heavy atom. The third-order valence-corrected chi connectivity index (χ3v) is 4.00. The maximum atomic E-state index is 12.7. The van der Waals surface area contributed by atoms with Gasteiger partial charge in [-0.3, -0.25) is 4.79 Å². The minimum atomic E-state index is -0.583. The van der Waals surface area contributed by atoms with Crippen molar-refractivity contribution in [3.63, 3.8) is 0 Å². The molecule has 0 spiro atoms. The van der Waals surface area contributed by atoms with Crippen molar-refractivity contribution in [2.75, 3.05) is 13.1 Å². The summed E-state index contributed by atoms with van der Waals surface area (Å²) in [6.45, 7) is 14.9. The van der Waals surface area contributed by atoms with Gasteiger partial charge in [0.05, 0.1) is 17.1 Å². The number of nitrogens with zero attached hydrogens (tertiary/aromatic N) is 1. The highest BCUT2D eigenvalue weighted by Crippen LogP contribution is 2.33. The lowest BCUT2D eigenvalue weighted by atomic mass is 9.74. The van der Waals surface area contributed by atoms with Crippen molar-refractivity contribution in [2.24, 2.45) is 11.1 Å². The Kier molecular flexibility index (Phi) is 3.86. The molecule has 1 heterocycles. The van der Waals surface area contributed by atoms with Crippen LogP contribution in [0.3, 0.4) is 0 Å². The number of amides is 1. The molecule has 4 nitrogen and oxygen atoms in total. The van der Waals surface area contributed by atoms with Gasteiger partial charge in [0, 0.05) is 18.6 Å². The third-order valence-electron chi connectivity index (χ3n) is 4.00. The SMILES string of the molecule is CC1CN(C(=O)C(C)(C)C(C)(C)N)CC(C)(C)O1. The van der Waals surface area contributed by atoms with Crippen molar-refractivity contribution in [1.29, 1.82) is 0 Å². The summed E-state index contributed by atoms with van der Waals surface area (Å²) >= 11 is 0. The molecule has 1 saturated heterocycles. The maximum Gasteiger partial charge on any atom is 0.230 e. The summed E-state index contributed by atoms with van der Waals surface area (Å²) in [6, 6.07) is 0. The first-order valence-corrected chi connectivity index (χ1v) is 6.63. The topological polar surface area (TPSA) is 55.6 Å². The average molecular weight is 256 g/mol. The first kappa shape index (κ1) is 15.4. The smallest absolute Gasteiger partial charge is 0.230 e. The van der Waals surface area contributed by atoms with Gasteiger partial charge in [-0.15, -0.1) is 0 Å². The molecule has 0 bridgehead atoms. The van der Waals surface area contributed by atoms with Crippen molar-refractivity contribution in [1.82, 2.24) is 4.90 Å². The van der Waals surface area contributed by atoms with Crippen molar-refractivity contribution in [3.8, 4) is 0 Å². The lowest BCUT2D eigenvalue weighted by Crippen LogP contribution is -2.61. The molecule has 1 aliphatic heterocycles. The molecule has 1 aliphatic rings.